The van der Waals surface area contributed by atoms with Crippen LogP contribution in [0.4, 0.5) is 15.2 Å². The van der Waals surface area contributed by atoms with Gasteiger partial charge in [0.1, 0.15) is 11.5 Å². The lowest BCUT2D eigenvalue weighted by Crippen LogP contribution is -2.49. The first-order valence-electron chi connectivity index (χ1n) is 9.32. The van der Waals surface area contributed by atoms with Crippen LogP contribution in [0.1, 0.15) is 20.8 Å². The summed E-state index contributed by atoms with van der Waals surface area (Å²) in [6.07, 6.45) is 0. The summed E-state index contributed by atoms with van der Waals surface area (Å²) < 4.78 is 14.0. The molecule has 0 unspecified atom stereocenters. The van der Waals surface area contributed by atoms with Gasteiger partial charge in [0.25, 0.3) is 11.8 Å². The Bertz CT molecular complexity index is 1060. The second-order valence-electron chi connectivity index (χ2n) is 6.73. The van der Waals surface area contributed by atoms with Crippen LogP contribution >= 0.6 is 22.9 Å². The number of amides is 2. The molecule has 2 aromatic carbocycles. The maximum atomic E-state index is 14.0. The van der Waals surface area contributed by atoms with Gasteiger partial charge in [0, 0.05) is 42.1 Å². The van der Waals surface area contributed by atoms with Crippen LogP contribution in [0.25, 0.3) is 0 Å². The number of piperazine rings is 1. The van der Waals surface area contributed by atoms with Crippen molar-refractivity contribution in [3.05, 3.63) is 76.0 Å². The summed E-state index contributed by atoms with van der Waals surface area (Å²) in [5, 5.41) is 5.22. The van der Waals surface area contributed by atoms with Crippen molar-refractivity contribution in [3.8, 4) is 0 Å². The number of nitrogens with zero attached hydrogens (tertiary/aromatic N) is 3. The smallest absolute Gasteiger partial charge is 0.273 e. The second kappa shape index (κ2) is 8.81. The van der Waals surface area contributed by atoms with Gasteiger partial charge in [-0.2, -0.15) is 0 Å². The summed E-state index contributed by atoms with van der Waals surface area (Å²) in [6, 6.07) is 13.1. The van der Waals surface area contributed by atoms with E-state index in [2.05, 4.69) is 10.3 Å². The zero-order chi connectivity index (χ0) is 21.1. The lowest BCUT2D eigenvalue weighted by Gasteiger charge is -2.35. The van der Waals surface area contributed by atoms with Crippen LogP contribution in [0.15, 0.2) is 53.9 Å². The molecule has 30 heavy (non-hydrogen) atoms. The van der Waals surface area contributed by atoms with Crippen LogP contribution in [0, 0.1) is 5.82 Å². The van der Waals surface area contributed by atoms with E-state index in [9.17, 15) is 14.0 Å². The minimum Gasteiger partial charge on any atom is -0.366 e. The van der Waals surface area contributed by atoms with E-state index in [-0.39, 0.29) is 23.3 Å². The molecule has 1 N–H and O–H groups in total. The molecule has 154 valence electrons. The molecule has 0 radical (unpaired) electrons. The Morgan fingerprint density at radius 1 is 1.03 bits per heavy atom. The predicted octanol–water partition coefficient (Wildman–Crippen LogP) is 4.15. The number of hydrogen-bond donors (Lipinski definition) is 1. The minimum absolute atomic E-state index is 0.202. The number of hydrogen-bond acceptors (Lipinski definition) is 5. The third-order valence-corrected chi connectivity index (χ3v) is 5.82. The number of aromatic nitrogens is 1. The molecule has 4 rings (SSSR count). The summed E-state index contributed by atoms with van der Waals surface area (Å²) in [5.74, 6) is -0.789. The SMILES string of the molecule is O=C(Nc1nc(C(=O)N2CCN(c3ccccc3F)CC2)cs1)c1ccc(Cl)cc1. The summed E-state index contributed by atoms with van der Waals surface area (Å²) >= 11 is 7.03. The summed E-state index contributed by atoms with van der Waals surface area (Å²) in [6.45, 7) is 2.02. The molecule has 3 aromatic rings. The fourth-order valence-corrected chi connectivity index (χ4v) is 4.03. The van der Waals surface area contributed by atoms with Gasteiger partial charge in [0.2, 0.25) is 0 Å². The molecular formula is C21H18ClFN4O2S. The van der Waals surface area contributed by atoms with Crippen LogP contribution in [-0.2, 0) is 0 Å². The van der Waals surface area contributed by atoms with E-state index in [1.165, 1.54) is 17.4 Å². The van der Waals surface area contributed by atoms with Gasteiger partial charge in [-0.25, -0.2) is 9.37 Å². The number of carbonyl (C=O) groups excluding carboxylic acids is 2. The Kier molecular flexibility index (Phi) is 5.96. The predicted molar refractivity (Wildman–Crippen MR) is 116 cm³/mol. The zero-order valence-electron chi connectivity index (χ0n) is 15.8. The van der Waals surface area contributed by atoms with Crippen molar-refractivity contribution < 1.29 is 14.0 Å². The average Bonchev–Trinajstić information content (AvgIpc) is 3.22. The van der Waals surface area contributed by atoms with E-state index in [1.54, 1.807) is 52.7 Å². The molecule has 1 fully saturated rings. The highest BCUT2D eigenvalue weighted by molar-refractivity contribution is 7.14. The van der Waals surface area contributed by atoms with E-state index in [0.29, 0.717) is 47.6 Å². The molecule has 1 aliphatic heterocycles. The first-order chi connectivity index (χ1) is 14.5. The van der Waals surface area contributed by atoms with Crippen LogP contribution in [-0.4, -0.2) is 47.9 Å². The van der Waals surface area contributed by atoms with E-state index in [4.69, 9.17) is 11.6 Å². The van der Waals surface area contributed by atoms with Crippen molar-refractivity contribution in [2.75, 3.05) is 36.4 Å². The number of halogens is 2. The molecule has 1 aliphatic rings. The highest BCUT2D eigenvalue weighted by Crippen LogP contribution is 2.22. The lowest BCUT2D eigenvalue weighted by atomic mass is 10.2. The molecule has 0 saturated carbocycles. The Morgan fingerprint density at radius 2 is 1.73 bits per heavy atom. The molecule has 2 heterocycles. The fraction of sp³-hybridized carbons (Fsp3) is 0.190. The van der Waals surface area contributed by atoms with E-state index >= 15 is 0 Å². The number of para-hydroxylation sites is 1. The average molecular weight is 445 g/mol. The molecule has 0 aliphatic carbocycles. The van der Waals surface area contributed by atoms with Gasteiger partial charge < -0.3 is 9.80 Å². The number of benzene rings is 2. The van der Waals surface area contributed by atoms with Crippen molar-refractivity contribution in [1.29, 1.82) is 0 Å². The quantitative estimate of drug-likeness (QED) is 0.656. The highest BCUT2D eigenvalue weighted by atomic mass is 35.5. The molecule has 1 saturated heterocycles. The van der Waals surface area contributed by atoms with Crippen molar-refractivity contribution in [2.45, 2.75) is 0 Å². The molecular weight excluding hydrogens is 427 g/mol. The minimum atomic E-state index is -0.321. The summed E-state index contributed by atoms with van der Waals surface area (Å²) in [4.78, 5) is 32.9. The summed E-state index contributed by atoms with van der Waals surface area (Å²) in [7, 11) is 0. The number of rotatable bonds is 4. The van der Waals surface area contributed by atoms with E-state index in [1.807, 2.05) is 4.90 Å². The van der Waals surface area contributed by atoms with Crippen LogP contribution in [0.5, 0.6) is 0 Å². The molecule has 0 spiro atoms. The number of anilines is 2. The molecule has 6 nitrogen and oxygen atoms in total. The van der Waals surface area contributed by atoms with Crippen LogP contribution < -0.4 is 10.2 Å². The van der Waals surface area contributed by atoms with Crippen molar-refractivity contribution in [3.63, 3.8) is 0 Å². The Hall–Kier alpha value is -2.97. The fourth-order valence-electron chi connectivity index (χ4n) is 3.22. The number of thiazole rings is 1. The third kappa shape index (κ3) is 4.44. The molecule has 1 aromatic heterocycles. The van der Waals surface area contributed by atoms with Gasteiger partial charge in [0.15, 0.2) is 5.13 Å². The van der Waals surface area contributed by atoms with E-state index < -0.39 is 0 Å². The van der Waals surface area contributed by atoms with Gasteiger partial charge in [-0.3, -0.25) is 14.9 Å². The summed E-state index contributed by atoms with van der Waals surface area (Å²) in [5.41, 5.74) is 1.28. The monoisotopic (exact) mass is 444 g/mol. The standard InChI is InChI=1S/C21H18ClFN4O2S/c22-15-7-5-14(6-8-15)19(28)25-21-24-17(13-30-21)20(29)27-11-9-26(10-12-27)18-4-2-1-3-16(18)23/h1-8,13H,9-12H2,(H,24,25,28). The maximum absolute atomic E-state index is 14.0. The molecule has 0 atom stereocenters. The number of carbonyl (C=O) groups is 2. The second-order valence-corrected chi connectivity index (χ2v) is 8.02. The molecule has 0 bridgehead atoms. The van der Waals surface area contributed by atoms with Crippen molar-refractivity contribution in [2.24, 2.45) is 0 Å². The van der Waals surface area contributed by atoms with Gasteiger partial charge in [-0.1, -0.05) is 23.7 Å². The van der Waals surface area contributed by atoms with Gasteiger partial charge in [-0.05, 0) is 36.4 Å². The zero-order valence-corrected chi connectivity index (χ0v) is 17.4. The van der Waals surface area contributed by atoms with E-state index in [0.717, 1.165) is 0 Å². The van der Waals surface area contributed by atoms with Gasteiger partial charge in [0.05, 0.1) is 5.69 Å². The van der Waals surface area contributed by atoms with Gasteiger partial charge >= 0.3 is 0 Å². The van der Waals surface area contributed by atoms with Crippen molar-refractivity contribution in [1.82, 2.24) is 9.88 Å². The third-order valence-electron chi connectivity index (χ3n) is 4.81. The molecule has 9 heteroatoms. The first kappa shape index (κ1) is 20.3. The largest absolute Gasteiger partial charge is 0.366 e. The number of nitrogens with one attached hydrogen (secondary N) is 1. The molecule has 2 amide bonds. The van der Waals surface area contributed by atoms with Crippen LogP contribution in [0.3, 0.4) is 0 Å². The Morgan fingerprint density at radius 3 is 2.43 bits per heavy atom. The first-order valence-corrected chi connectivity index (χ1v) is 10.6. The van der Waals surface area contributed by atoms with Gasteiger partial charge in [-0.15, -0.1) is 11.3 Å². The van der Waals surface area contributed by atoms with Crippen LogP contribution in [0.2, 0.25) is 5.02 Å². The Balaban J connectivity index is 1.36. The van der Waals surface area contributed by atoms with Crippen molar-refractivity contribution >= 4 is 45.6 Å². The Labute approximate surface area is 181 Å². The normalized spacial score (nSPS) is 13.9. The highest BCUT2D eigenvalue weighted by Gasteiger charge is 2.25. The lowest BCUT2D eigenvalue weighted by molar-refractivity contribution is 0.0741. The maximum Gasteiger partial charge on any atom is 0.273 e. The topological polar surface area (TPSA) is 65.5 Å².